The summed E-state index contributed by atoms with van der Waals surface area (Å²) < 4.78 is 0.926. The van der Waals surface area contributed by atoms with Crippen LogP contribution < -0.4 is 0 Å². The Morgan fingerprint density at radius 3 is 2.47 bits per heavy atom. The number of alkyl halides is 1. The van der Waals surface area contributed by atoms with Crippen molar-refractivity contribution in [3.63, 3.8) is 0 Å². The number of aryl methyl sites for hydroxylation is 2. The molecule has 15 heavy (non-hydrogen) atoms. The highest BCUT2D eigenvalue weighted by atomic mass is 79.9. The fraction of sp³-hybridized carbons (Fsp3) is 0.250. The van der Waals surface area contributed by atoms with Gasteiger partial charge in [-0.2, -0.15) is 0 Å². The summed E-state index contributed by atoms with van der Waals surface area (Å²) in [6.07, 6.45) is 0. The van der Waals surface area contributed by atoms with Crippen LogP contribution in [-0.2, 0) is 5.33 Å². The van der Waals surface area contributed by atoms with Gasteiger partial charge in [0, 0.05) is 10.7 Å². The molecule has 0 N–H and O–H groups in total. The van der Waals surface area contributed by atoms with E-state index in [9.17, 15) is 0 Å². The molecular weight excluding hydrogens is 318 g/mol. The molecule has 0 saturated carbocycles. The summed E-state index contributed by atoms with van der Waals surface area (Å²) in [4.78, 5) is 4.54. The van der Waals surface area contributed by atoms with Gasteiger partial charge in [0.15, 0.2) is 0 Å². The zero-order chi connectivity index (χ0) is 11.0. The van der Waals surface area contributed by atoms with Gasteiger partial charge >= 0.3 is 0 Å². The minimum atomic E-state index is 0.823. The lowest BCUT2D eigenvalue weighted by atomic mass is 10.1. The summed E-state index contributed by atoms with van der Waals surface area (Å²) in [6, 6.07) is 6.50. The van der Waals surface area contributed by atoms with Crippen molar-refractivity contribution < 1.29 is 0 Å². The smallest absolute Gasteiger partial charge is 0.110 e. The molecule has 1 nitrogen and oxygen atoms in total. The van der Waals surface area contributed by atoms with Gasteiger partial charge in [0.1, 0.15) is 4.60 Å². The molecule has 0 radical (unpaired) electrons. The Morgan fingerprint density at radius 2 is 1.80 bits per heavy atom. The molecule has 0 unspecified atom stereocenters. The molecule has 0 aliphatic rings. The van der Waals surface area contributed by atoms with E-state index in [1.165, 1.54) is 22.1 Å². The molecular formula is C12H11Br2N. The Kier molecular flexibility index (Phi) is 3.12. The molecule has 78 valence electrons. The number of hydrogen-bond acceptors (Lipinski definition) is 1. The van der Waals surface area contributed by atoms with E-state index in [1.807, 2.05) is 0 Å². The number of fused-ring (bicyclic) bond motifs is 1. The van der Waals surface area contributed by atoms with Gasteiger partial charge in [-0.05, 0) is 64.7 Å². The normalized spacial score (nSPS) is 10.9. The average molecular weight is 329 g/mol. The van der Waals surface area contributed by atoms with Crippen molar-refractivity contribution >= 4 is 42.8 Å². The molecule has 1 aromatic carbocycles. The van der Waals surface area contributed by atoms with E-state index in [4.69, 9.17) is 0 Å². The summed E-state index contributed by atoms with van der Waals surface area (Å²) in [5, 5.41) is 2.03. The van der Waals surface area contributed by atoms with Crippen LogP contribution in [0, 0.1) is 13.8 Å². The molecule has 3 heteroatoms. The first-order chi connectivity index (χ1) is 7.11. The molecule has 1 aromatic heterocycles. The molecule has 0 spiro atoms. The summed E-state index contributed by atoms with van der Waals surface area (Å²) in [6.45, 7) is 4.24. The number of pyridine rings is 1. The lowest BCUT2D eigenvalue weighted by molar-refractivity contribution is 1.25. The van der Waals surface area contributed by atoms with Gasteiger partial charge in [-0.1, -0.05) is 15.9 Å². The predicted octanol–water partition coefficient (Wildman–Crippen LogP) is 4.51. The van der Waals surface area contributed by atoms with E-state index in [-0.39, 0.29) is 0 Å². The van der Waals surface area contributed by atoms with E-state index >= 15 is 0 Å². The molecule has 0 atom stereocenters. The van der Waals surface area contributed by atoms with E-state index in [0.29, 0.717) is 0 Å². The predicted molar refractivity (Wildman–Crippen MR) is 71.5 cm³/mol. The second kappa shape index (κ2) is 4.22. The fourth-order valence-electron chi connectivity index (χ4n) is 1.55. The van der Waals surface area contributed by atoms with Gasteiger partial charge in [0.05, 0.1) is 5.52 Å². The Labute approximate surface area is 106 Å². The van der Waals surface area contributed by atoms with Crippen LogP contribution in [0.25, 0.3) is 10.9 Å². The molecule has 0 bridgehead atoms. The Morgan fingerprint density at radius 1 is 1.13 bits per heavy atom. The van der Waals surface area contributed by atoms with E-state index in [1.54, 1.807) is 0 Å². The number of nitrogens with zero attached hydrogens (tertiary/aromatic N) is 1. The SMILES string of the molecule is Cc1cc2cc(CBr)c(Br)nc2cc1C. The Hall–Kier alpha value is -0.410. The van der Waals surface area contributed by atoms with Crippen molar-refractivity contribution in [2.75, 3.05) is 0 Å². The van der Waals surface area contributed by atoms with Crippen LogP contribution in [-0.4, -0.2) is 4.98 Å². The number of rotatable bonds is 1. The van der Waals surface area contributed by atoms with Crippen LogP contribution in [0.1, 0.15) is 16.7 Å². The highest BCUT2D eigenvalue weighted by Crippen LogP contribution is 2.24. The van der Waals surface area contributed by atoms with Crippen LogP contribution in [0.4, 0.5) is 0 Å². The van der Waals surface area contributed by atoms with Gasteiger partial charge in [-0.15, -0.1) is 0 Å². The molecule has 2 aromatic rings. The van der Waals surface area contributed by atoms with Crippen molar-refractivity contribution in [1.82, 2.24) is 4.98 Å². The maximum Gasteiger partial charge on any atom is 0.110 e. The highest BCUT2D eigenvalue weighted by Gasteiger charge is 2.04. The lowest BCUT2D eigenvalue weighted by Gasteiger charge is -2.06. The molecule has 0 aliphatic heterocycles. The largest absolute Gasteiger partial charge is 0.241 e. The van der Waals surface area contributed by atoms with E-state index < -0.39 is 0 Å². The highest BCUT2D eigenvalue weighted by molar-refractivity contribution is 9.10. The molecule has 0 fully saturated rings. The summed E-state index contributed by atoms with van der Waals surface area (Å²) in [5.41, 5.74) is 4.83. The van der Waals surface area contributed by atoms with Crippen LogP contribution in [0.2, 0.25) is 0 Å². The fourth-order valence-corrected chi connectivity index (χ4v) is 2.80. The van der Waals surface area contributed by atoms with Gasteiger partial charge in [0.2, 0.25) is 0 Å². The molecule has 2 rings (SSSR count). The standard InChI is InChI=1S/C12H11Br2N/c1-7-3-9-5-10(6-13)12(14)15-11(9)4-8(7)2/h3-5H,6H2,1-2H3. The first kappa shape index (κ1) is 11.1. The average Bonchev–Trinajstić information content (AvgIpc) is 2.20. The quantitative estimate of drug-likeness (QED) is 0.554. The van der Waals surface area contributed by atoms with Crippen molar-refractivity contribution in [3.8, 4) is 0 Å². The van der Waals surface area contributed by atoms with Gasteiger partial charge < -0.3 is 0 Å². The first-order valence-corrected chi connectivity index (χ1v) is 6.65. The molecule has 0 aliphatic carbocycles. The Balaban J connectivity index is 2.76. The number of hydrogen-bond donors (Lipinski definition) is 0. The van der Waals surface area contributed by atoms with Crippen molar-refractivity contribution in [1.29, 1.82) is 0 Å². The van der Waals surface area contributed by atoms with Crippen LogP contribution in [0.15, 0.2) is 22.8 Å². The van der Waals surface area contributed by atoms with Crippen molar-refractivity contribution in [2.45, 2.75) is 19.2 Å². The second-order valence-corrected chi connectivity index (χ2v) is 5.01. The minimum Gasteiger partial charge on any atom is -0.241 e. The maximum absolute atomic E-state index is 4.54. The van der Waals surface area contributed by atoms with E-state index in [2.05, 4.69) is 68.9 Å². The summed E-state index contributed by atoms with van der Waals surface area (Å²) >= 11 is 6.94. The zero-order valence-corrected chi connectivity index (χ0v) is 11.8. The topological polar surface area (TPSA) is 12.9 Å². The third kappa shape index (κ3) is 2.08. The first-order valence-electron chi connectivity index (χ1n) is 4.74. The lowest BCUT2D eigenvalue weighted by Crippen LogP contribution is -1.90. The van der Waals surface area contributed by atoms with Crippen LogP contribution >= 0.6 is 31.9 Å². The zero-order valence-electron chi connectivity index (χ0n) is 8.64. The maximum atomic E-state index is 4.54. The van der Waals surface area contributed by atoms with Crippen LogP contribution in [0.3, 0.4) is 0 Å². The summed E-state index contributed by atoms with van der Waals surface area (Å²) in [5.74, 6) is 0. The monoisotopic (exact) mass is 327 g/mol. The van der Waals surface area contributed by atoms with Gasteiger partial charge in [0.25, 0.3) is 0 Å². The Bertz CT molecular complexity index is 521. The van der Waals surface area contributed by atoms with Crippen molar-refractivity contribution in [2.24, 2.45) is 0 Å². The van der Waals surface area contributed by atoms with Crippen LogP contribution in [0.5, 0.6) is 0 Å². The molecule has 1 heterocycles. The number of benzene rings is 1. The van der Waals surface area contributed by atoms with Gasteiger partial charge in [-0.3, -0.25) is 0 Å². The number of aromatic nitrogens is 1. The second-order valence-electron chi connectivity index (χ2n) is 3.70. The van der Waals surface area contributed by atoms with E-state index in [0.717, 1.165) is 15.4 Å². The molecule has 0 amide bonds. The molecule has 0 saturated heterocycles. The van der Waals surface area contributed by atoms with Crippen molar-refractivity contribution in [3.05, 3.63) is 39.5 Å². The summed E-state index contributed by atoms with van der Waals surface area (Å²) in [7, 11) is 0. The minimum absolute atomic E-state index is 0.823. The third-order valence-electron chi connectivity index (χ3n) is 2.60. The number of halogens is 2. The third-order valence-corrected chi connectivity index (χ3v) is 3.89. The van der Waals surface area contributed by atoms with Gasteiger partial charge in [-0.25, -0.2) is 4.98 Å².